The smallest absolute Gasteiger partial charge is 0.328 e. The van der Waals surface area contributed by atoms with E-state index in [9.17, 15) is 9.59 Å². The molecule has 1 aromatic heterocycles. The van der Waals surface area contributed by atoms with E-state index in [-0.39, 0.29) is 5.69 Å². The first-order chi connectivity index (χ1) is 8.66. The van der Waals surface area contributed by atoms with Crippen LogP contribution in [-0.4, -0.2) is 35.4 Å². The van der Waals surface area contributed by atoms with E-state index in [1.54, 1.807) is 0 Å². The Bertz CT molecular complexity index is 505. The number of halogens is 1. The van der Waals surface area contributed by atoms with Crippen LogP contribution < -0.4 is 16.6 Å². The molecule has 0 bridgehead atoms. The Kier molecular flexibility index (Phi) is 4.73. The Morgan fingerprint density at radius 1 is 1.44 bits per heavy atom. The Balaban J connectivity index is 1.88. The van der Waals surface area contributed by atoms with E-state index in [0.29, 0.717) is 23.6 Å². The monoisotopic (exact) mass is 317 g/mol. The highest BCUT2D eigenvalue weighted by atomic mass is 79.9. The highest BCUT2D eigenvalue weighted by Gasteiger charge is 2.12. The number of aromatic nitrogens is 2. The summed E-state index contributed by atoms with van der Waals surface area (Å²) in [5.74, 6) is 0. The topological polar surface area (TPSA) is 76.1 Å². The molecule has 0 aromatic carbocycles. The molecule has 18 heavy (non-hydrogen) atoms. The van der Waals surface area contributed by atoms with Crippen LogP contribution in [0.4, 0.5) is 0 Å². The number of hydrogen-bond donors (Lipinski definition) is 2. The zero-order chi connectivity index (χ0) is 13.0. The fraction of sp³-hybridized carbons (Fsp3) is 0.636. The molecule has 1 aliphatic heterocycles. The highest BCUT2D eigenvalue weighted by Crippen LogP contribution is 2.05. The van der Waals surface area contributed by atoms with Gasteiger partial charge in [0.2, 0.25) is 0 Å². The van der Waals surface area contributed by atoms with E-state index >= 15 is 0 Å². The van der Waals surface area contributed by atoms with Crippen LogP contribution in [0.2, 0.25) is 0 Å². The van der Waals surface area contributed by atoms with Gasteiger partial charge in [0, 0.05) is 38.5 Å². The number of nitrogens with one attached hydrogen (secondary N) is 2. The van der Waals surface area contributed by atoms with Gasteiger partial charge in [-0.05, 0) is 28.8 Å². The maximum Gasteiger partial charge on any atom is 0.328 e. The molecule has 2 N–H and O–H groups in total. The molecular weight excluding hydrogens is 302 g/mol. The summed E-state index contributed by atoms with van der Waals surface area (Å²) in [5, 5.41) is 3.38. The van der Waals surface area contributed by atoms with Gasteiger partial charge in [-0.15, -0.1) is 0 Å². The molecule has 0 unspecified atom stereocenters. The third kappa shape index (κ3) is 3.54. The summed E-state index contributed by atoms with van der Waals surface area (Å²) in [6, 6.07) is 0.459. The van der Waals surface area contributed by atoms with Crippen LogP contribution >= 0.6 is 15.9 Å². The second-order valence-corrected chi connectivity index (χ2v) is 5.12. The molecule has 7 heteroatoms. The summed E-state index contributed by atoms with van der Waals surface area (Å²) >= 11 is 3.11. The second kappa shape index (κ2) is 6.31. The largest absolute Gasteiger partial charge is 0.381 e. The molecular formula is C11H16BrN3O3. The normalized spacial score (nSPS) is 16.9. The first-order valence-electron chi connectivity index (χ1n) is 5.97. The van der Waals surface area contributed by atoms with Crippen molar-refractivity contribution in [2.45, 2.75) is 25.4 Å². The molecule has 0 amide bonds. The summed E-state index contributed by atoms with van der Waals surface area (Å²) in [7, 11) is 0. The quantitative estimate of drug-likeness (QED) is 0.824. The van der Waals surface area contributed by atoms with Crippen molar-refractivity contribution in [2.75, 3.05) is 19.8 Å². The fourth-order valence-corrected chi connectivity index (χ4v) is 2.29. The lowest BCUT2D eigenvalue weighted by molar-refractivity contribution is 0.0778. The molecule has 0 radical (unpaired) electrons. The Labute approximate surface area is 112 Å². The van der Waals surface area contributed by atoms with Gasteiger partial charge in [-0.25, -0.2) is 4.79 Å². The maximum atomic E-state index is 11.5. The summed E-state index contributed by atoms with van der Waals surface area (Å²) in [6.45, 7) is 2.82. The molecule has 6 nitrogen and oxygen atoms in total. The van der Waals surface area contributed by atoms with E-state index in [2.05, 4.69) is 26.2 Å². The lowest BCUT2D eigenvalue weighted by Gasteiger charge is -2.23. The summed E-state index contributed by atoms with van der Waals surface area (Å²) < 4.78 is 7.12. The van der Waals surface area contributed by atoms with E-state index < -0.39 is 5.56 Å². The Morgan fingerprint density at radius 3 is 2.89 bits per heavy atom. The molecule has 0 spiro atoms. The van der Waals surface area contributed by atoms with Crippen LogP contribution in [0.3, 0.4) is 0 Å². The SMILES string of the molecule is O=c1[nH]c(=O)n(CCNC2CCOCC2)cc1Br. The number of hydrogen-bond acceptors (Lipinski definition) is 4. The van der Waals surface area contributed by atoms with Crippen LogP contribution in [0.25, 0.3) is 0 Å². The van der Waals surface area contributed by atoms with E-state index in [0.717, 1.165) is 26.1 Å². The van der Waals surface area contributed by atoms with Gasteiger partial charge in [-0.1, -0.05) is 0 Å². The van der Waals surface area contributed by atoms with Crippen LogP contribution in [0.5, 0.6) is 0 Å². The summed E-state index contributed by atoms with van der Waals surface area (Å²) in [4.78, 5) is 24.9. The maximum absolute atomic E-state index is 11.5. The van der Waals surface area contributed by atoms with Gasteiger partial charge in [0.05, 0.1) is 4.47 Å². The molecule has 0 atom stereocenters. The minimum atomic E-state index is -0.395. The van der Waals surface area contributed by atoms with Gasteiger partial charge >= 0.3 is 5.69 Å². The number of aromatic amines is 1. The third-order valence-corrected chi connectivity index (χ3v) is 3.54. The number of nitrogens with zero attached hydrogens (tertiary/aromatic N) is 1. The molecule has 2 heterocycles. The average molecular weight is 318 g/mol. The predicted molar refractivity (Wildman–Crippen MR) is 70.9 cm³/mol. The van der Waals surface area contributed by atoms with Crippen molar-refractivity contribution in [1.29, 1.82) is 0 Å². The van der Waals surface area contributed by atoms with Crippen molar-refractivity contribution < 1.29 is 4.74 Å². The minimum absolute atomic E-state index is 0.369. The van der Waals surface area contributed by atoms with Crippen molar-refractivity contribution in [1.82, 2.24) is 14.9 Å². The van der Waals surface area contributed by atoms with Gasteiger partial charge in [0.25, 0.3) is 5.56 Å². The molecule has 1 saturated heterocycles. The molecule has 2 rings (SSSR count). The number of H-pyrrole nitrogens is 1. The Hall–Kier alpha value is -0.920. The van der Waals surface area contributed by atoms with Crippen molar-refractivity contribution >= 4 is 15.9 Å². The van der Waals surface area contributed by atoms with Crippen LogP contribution in [-0.2, 0) is 11.3 Å². The van der Waals surface area contributed by atoms with Crippen molar-refractivity contribution in [3.63, 3.8) is 0 Å². The molecule has 1 fully saturated rings. The summed E-state index contributed by atoms with van der Waals surface area (Å²) in [6.07, 6.45) is 3.53. The van der Waals surface area contributed by atoms with Gasteiger partial charge in [-0.3, -0.25) is 14.3 Å². The second-order valence-electron chi connectivity index (χ2n) is 4.27. The standard InChI is InChI=1S/C11H16BrN3O3/c12-9-7-15(11(17)14-10(9)16)4-3-13-8-1-5-18-6-2-8/h7-8,13H,1-6H2,(H,14,16,17). The van der Waals surface area contributed by atoms with E-state index in [4.69, 9.17) is 4.74 Å². The Morgan fingerprint density at radius 2 is 2.17 bits per heavy atom. The van der Waals surface area contributed by atoms with Crippen LogP contribution in [0.15, 0.2) is 20.3 Å². The van der Waals surface area contributed by atoms with Gasteiger partial charge in [0.1, 0.15) is 0 Å². The van der Waals surface area contributed by atoms with E-state index in [1.165, 1.54) is 10.8 Å². The van der Waals surface area contributed by atoms with Crippen molar-refractivity contribution in [3.8, 4) is 0 Å². The first kappa shape index (κ1) is 13.5. The summed E-state index contributed by atoms with van der Waals surface area (Å²) in [5.41, 5.74) is -0.773. The van der Waals surface area contributed by atoms with Gasteiger partial charge in [-0.2, -0.15) is 0 Å². The first-order valence-corrected chi connectivity index (χ1v) is 6.76. The molecule has 1 aliphatic rings. The fourth-order valence-electron chi connectivity index (χ4n) is 1.94. The van der Waals surface area contributed by atoms with Crippen LogP contribution in [0.1, 0.15) is 12.8 Å². The van der Waals surface area contributed by atoms with Gasteiger partial charge in [0.15, 0.2) is 0 Å². The average Bonchev–Trinajstić information content (AvgIpc) is 2.37. The zero-order valence-electron chi connectivity index (χ0n) is 9.95. The molecule has 1 aromatic rings. The minimum Gasteiger partial charge on any atom is -0.381 e. The lowest BCUT2D eigenvalue weighted by Crippen LogP contribution is -2.38. The third-order valence-electron chi connectivity index (χ3n) is 2.97. The van der Waals surface area contributed by atoms with Crippen molar-refractivity contribution in [2.24, 2.45) is 0 Å². The predicted octanol–water partition coefficient (Wildman–Crippen LogP) is 0.0677. The van der Waals surface area contributed by atoms with Crippen LogP contribution in [0, 0.1) is 0 Å². The van der Waals surface area contributed by atoms with Crippen molar-refractivity contribution in [3.05, 3.63) is 31.5 Å². The molecule has 0 aliphatic carbocycles. The number of ether oxygens (including phenoxy) is 1. The highest BCUT2D eigenvalue weighted by molar-refractivity contribution is 9.10. The van der Waals surface area contributed by atoms with Gasteiger partial charge < -0.3 is 10.1 Å². The van der Waals surface area contributed by atoms with E-state index in [1.807, 2.05) is 0 Å². The lowest BCUT2D eigenvalue weighted by atomic mass is 10.1. The molecule has 0 saturated carbocycles. The number of rotatable bonds is 4. The zero-order valence-corrected chi connectivity index (χ0v) is 11.5. The molecule has 100 valence electrons.